The van der Waals surface area contributed by atoms with E-state index < -0.39 is 0 Å². The van der Waals surface area contributed by atoms with Crippen LogP contribution in [0, 0.1) is 6.92 Å². The molecule has 0 radical (unpaired) electrons. The van der Waals surface area contributed by atoms with Gasteiger partial charge in [-0.3, -0.25) is 4.79 Å². The van der Waals surface area contributed by atoms with E-state index in [4.69, 9.17) is 11.6 Å². The number of nitrogens with zero attached hydrogens (tertiary/aromatic N) is 2. The Balaban J connectivity index is 1.98. The molecule has 8 heteroatoms. The molecule has 0 aliphatic rings. The molecular weight excluding hydrogens is 340 g/mol. The van der Waals surface area contributed by atoms with Gasteiger partial charge >= 0.3 is 0 Å². The van der Waals surface area contributed by atoms with E-state index in [0.29, 0.717) is 5.02 Å². The number of aryl methyl sites for hydroxylation is 1. The van der Waals surface area contributed by atoms with Gasteiger partial charge in [0, 0.05) is 17.3 Å². The van der Waals surface area contributed by atoms with Crippen molar-refractivity contribution in [2.75, 3.05) is 17.2 Å². The van der Waals surface area contributed by atoms with Gasteiger partial charge in [0.15, 0.2) is 4.34 Å². The molecule has 0 aliphatic heterocycles. The maximum Gasteiger partial charge on any atom is 0.237 e. The zero-order valence-corrected chi connectivity index (χ0v) is 14.9. The van der Waals surface area contributed by atoms with Crippen LogP contribution in [-0.4, -0.2) is 27.9 Å². The normalized spacial score (nSPS) is 12.0. The van der Waals surface area contributed by atoms with E-state index in [0.717, 1.165) is 27.3 Å². The number of hydrogen-bond donors (Lipinski definition) is 2. The summed E-state index contributed by atoms with van der Waals surface area (Å²) in [7, 11) is 0. The minimum atomic E-state index is -0.277. The van der Waals surface area contributed by atoms with Crippen molar-refractivity contribution in [3.8, 4) is 0 Å². The number of anilines is 2. The molecule has 0 aliphatic carbocycles. The fourth-order valence-corrected chi connectivity index (χ4v) is 3.78. The fourth-order valence-electron chi connectivity index (χ4n) is 1.65. The largest absolute Gasteiger partial charge is 0.360 e. The summed E-state index contributed by atoms with van der Waals surface area (Å²) in [6.07, 6.45) is 0. The van der Waals surface area contributed by atoms with Gasteiger partial charge in [-0.15, -0.1) is 10.2 Å². The molecule has 2 rings (SSSR count). The Morgan fingerprint density at radius 3 is 2.95 bits per heavy atom. The third kappa shape index (κ3) is 4.59. The topological polar surface area (TPSA) is 66.9 Å². The molecule has 1 amide bonds. The van der Waals surface area contributed by atoms with Crippen molar-refractivity contribution in [1.29, 1.82) is 0 Å². The first-order valence-corrected chi connectivity index (χ1v) is 8.88. The van der Waals surface area contributed by atoms with Crippen LogP contribution in [0.1, 0.15) is 19.4 Å². The van der Waals surface area contributed by atoms with Crippen LogP contribution in [-0.2, 0) is 4.79 Å². The van der Waals surface area contributed by atoms with Gasteiger partial charge in [-0.05, 0) is 38.5 Å². The molecule has 1 atom stereocenters. The van der Waals surface area contributed by atoms with Crippen LogP contribution < -0.4 is 10.6 Å². The second kappa shape index (κ2) is 7.80. The number of rotatable bonds is 6. The van der Waals surface area contributed by atoms with Crippen molar-refractivity contribution in [3.05, 3.63) is 28.8 Å². The Bertz CT molecular complexity index is 662. The van der Waals surface area contributed by atoms with Crippen molar-refractivity contribution in [3.63, 3.8) is 0 Å². The molecule has 1 aromatic heterocycles. The third-order valence-electron chi connectivity index (χ3n) is 2.84. The summed E-state index contributed by atoms with van der Waals surface area (Å²) in [6, 6.07) is 5.43. The van der Waals surface area contributed by atoms with Gasteiger partial charge < -0.3 is 10.6 Å². The number of thioether (sulfide) groups is 1. The van der Waals surface area contributed by atoms with Crippen LogP contribution in [0.15, 0.2) is 22.5 Å². The van der Waals surface area contributed by atoms with Crippen LogP contribution in [0.5, 0.6) is 0 Å². The standard InChI is InChI=1S/C14H17ClN4OS2/c1-4-16-13-18-19-14(22-13)21-9(3)12(20)17-11-7-10(15)6-5-8(11)2/h5-7,9H,4H2,1-3H3,(H,16,18)(H,17,20). The summed E-state index contributed by atoms with van der Waals surface area (Å²) in [5.74, 6) is -0.0874. The Kier molecular flexibility index (Phi) is 6.05. The van der Waals surface area contributed by atoms with Gasteiger partial charge in [0.05, 0.1) is 5.25 Å². The Morgan fingerprint density at radius 2 is 2.23 bits per heavy atom. The van der Waals surface area contributed by atoms with Crippen LogP contribution in [0.2, 0.25) is 5.02 Å². The Labute approximate surface area is 142 Å². The van der Waals surface area contributed by atoms with Gasteiger partial charge in [-0.1, -0.05) is 40.8 Å². The van der Waals surface area contributed by atoms with Crippen molar-refractivity contribution >= 4 is 51.4 Å². The van der Waals surface area contributed by atoms with E-state index in [2.05, 4.69) is 20.8 Å². The molecule has 1 aromatic carbocycles. The quantitative estimate of drug-likeness (QED) is 0.764. The maximum absolute atomic E-state index is 12.3. The van der Waals surface area contributed by atoms with E-state index in [-0.39, 0.29) is 11.2 Å². The van der Waals surface area contributed by atoms with Crippen LogP contribution in [0.25, 0.3) is 0 Å². The first kappa shape index (κ1) is 17.1. The molecule has 0 saturated heterocycles. The molecule has 1 heterocycles. The summed E-state index contributed by atoms with van der Waals surface area (Å²) in [5, 5.41) is 15.2. The van der Waals surface area contributed by atoms with E-state index in [9.17, 15) is 4.79 Å². The molecule has 22 heavy (non-hydrogen) atoms. The second-order valence-corrected chi connectivity index (χ2v) is 7.61. The van der Waals surface area contributed by atoms with E-state index in [1.807, 2.05) is 26.8 Å². The number of amides is 1. The van der Waals surface area contributed by atoms with Gasteiger partial charge in [-0.2, -0.15) is 0 Å². The molecule has 118 valence electrons. The number of halogens is 1. The minimum Gasteiger partial charge on any atom is -0.360 e. The van der Waals surface area contributed by atoms with Crippen LogP contribution in [0.3, 0.4) is 0 Å². The SMILES string of the molecule is CCNc1nnc(SC(C)C(=O)Nc2cc(Cl)ccc2C)s1. The minimum absolute atomic E-state index is 0.0874. The molecule has 0 saturated carbocycles. The maximum atomic E-state index is 12.3. The molecule has 0 bridgehead atoms. The number of hydrogen-bond acceptors (Lipinski definition) is 6. The number of benzene rings is 1. The number of carbonyl (C=O) groups excluding carboxylic acids is 1. The molecule has 0 fully saturated rings. The zero-order valence-electron chi connectivity index (χ0n) is 12.5. The second-order valence-electron chi connectivity index (χ2n) is 4.61. The van der Waals surface area contributed by atoms with Crippen LogP contribution in [0.4, 0.5) is 10.8 Å². The summed E-state index contributed by atoms with van der Waals surface area (Å²) in [5.41, 5.74) is 1.70. The summed E-state index contributed by atoms with van der Waals surface area (Å²) in [4.78, 5) is 12.3. The van der Waals surface area contributed by atoms with E-state index in [1.54, 1.807) is 12.1 Å². The highest BCUT2D eigenvalue weighted by molar-refractivity contribution is 8.02. The molecule has 1 unspecified atom stereocenters. The average Bonchev–Trinajstić information content (AvgIpc) is 2.90. The monoisotopic (exact) mass is 356 g/mol. The third-order valence-corrected chi connectivity index (χ3v) is 5.14. The summed E-state index contributed by atoms with van der Waals surface area (Å²) in [6.45, 7) is 6.56. The van der Waals surface area contributed by atoms with Crippen LogP contribution >= 0.6 is 34.7 Å². The predicted octanol–water partition coefficient (Wildman–Crippen LogP) is 4.05. The fraction of sp³-hybridized carbons (Fsp3) is 0.357. The highest BCUT2D eigenvalue weighted by Gasteiger charge is 2.18. The Morgan fingerprint density at radius 1 is 1.45 bits per heavy atom. The Hall–Kier alpha value is -1.31. The highest BCUT2D eigenvalue weighted by atomic mass is 35.5. The number of nitrogens with one attached hydrogen (secondary N) is 2. The van der Waals surface area contributed by atoms with E-state index in [1.165, 1.54) is 23.1 Å². The predicted molar refractivity (Wildman–Crippen MR) is 94.2 cm³/mol. The van der Waals surface area contributed by atoms with Crippen molar-refractivity contribution in [2.24, 2.45) is 0 Å². The molecule has 0 spiro atoms. The van der Waals surface area contributed by atoms with Gasteiger partial charge in [0.25, 0.3) is 0 Å². The number of aromatic nitrogens is 2. The van der Waals surface area contributed by atoms with Crippen molar-refractivity contribution in [2.45, 2.75) is 30.4 Å². The zero-order chi connectivity index (χ0) is 16.1. The summed E-state index contributed by atoms with van der Waals surface area (Å²) < 4.78 is 0.765. The summed E-state index contributed by atoms with van der Waals surface area (Å²) >= 11 is 8.79. The first-order chi connectivity index (χ1) is 10.5. The average molecular weight is 357 g/mol. The molecule has 2 aromatic rings. The lowest BCUT2D eigenvalue weighted by atomic mass is 10.2. The van der Waals surface area contributed by atoms with Crippen molar-refractivity contribution in [1.82, 2.24) is 10.2 Å². The lowest BCUT2D eigenvalue weighted by Gasteiger charge is -2.12. The van der Waals surface area contributed by atoms with Gasteiger partial charge in [0.1, 0.15) is 0 Å². The van der Waals surface area contributed by atoms with Gasteiger partial charge in [0.2, 0.25) is 11.0 Å². The number of carbonyl (C=O) groups is 1. The smallest absolute Gasteiger partial charge is 0.237 e. The lowest BCUT2D eigenvalue weighted by Crippen LogP contribution is -2.22. The molecular formula is C14H17ClN4OS2. The van der Waals surface area contributed by atoms with E-state index >= 15 is 0 Å². The molecule has 5 nitrogen and oxygen atoms in total. The first-order valence-electron chi connectivity index (χ1n) is 6.80. The van der Waals surface area contributed by atoms with Gasteiger partial charge in [-0.25, -0.2) is 0 Å². The molecule has 2 N–H and O–H groups in total. The van der Waals surface area contributed by atoms with Crippen molar-refractivity contribution < 1.29 is 4.79 Å². The lowest BCUT2D eigenvalue weighted by molar-refractivity contribution is -0.115. The highest BCUT2D eigenvalue weighted by Crippen LogP contribution is 2.29.